The van der Waals surface area contributed by atoms with Crippen LogP contribution in [0.1, 0.15) is 11.3 Å². The number of non-ortho nitro benzene ring substituents is 1. The average molecular weight is 274 g/mol. The fourth-order valence-electron chi connectivity index (χ4n) is 1.75. The average Bonchev–Trinajstić information content (AvgIpc) is 2.44. The molecule has 0 atom stereocenters. The van der Waals surface area contributed by atoms with E-state index in [2.05, 4.69) is 15.3 Å². The van der Waals surface area contributed by atoms with E-state index in [1.54, 1.807) is 12.1 Å². The summed E-state index contributed by atoms with van der Waals surface area (Å²) in [7, 11) is 1.53. The number of benzene rings is 1. The number of anilines is 1. The summed E-state index contributed by atoms with van der Waals surface area (Å²) >= 11 is 0. The smallest absolute Gasteiger partial charge is 0.270 e. The zero-order valence-corrected chi connectivity index (χ0v) is 11.2. The molecule has 1 aromatic heterocycles. The van der Waals surface area contributed by atoms with Crippen molar-refractivity contribution in [2.24, 2.45) is 0 Å². The lowest BCUT2D eigenvalue weighted by molar-refractivity contribution is -0.384. The molecule has 7 heteroatoms. The first-order chi connectivity index (χ1) is 9.60. The second kappa shape index (κ2) is 5.96. The molecule has 0 aliphatic rings. The third-order valence-electron chi connectivity index (χ3n) is 2.74. The van der Waals surface area contributed by atoms with Crippen LogP contribution in [-0.4, -0.2) is 22.0 Å². The summed E-state index contributed by atoms with van der Waals surface area (Å²) < 4.78 is 5.20. The number of nitrogens with zero attached hydrogens (tertiary/aromatic N) is 3. The Kier molecular flexibility index (Phi) is 4.09. The van der Waals surface area contributed by atoms with E-state index in [0.29, 0.717) is 23.7 Å². The van der Waals surface area contributed by atoms with Crippen molar-refractivity contribution in [3.63, 3.8) is 0 Å². The number of aromatic nitrogens is 2. The molecule has 2 aromatic rings. The summed E-state index contributed by atoms with van der Waals surface area (Å²) in [4.78, 5) is 18.4. The summed E-state index contributed by atoms with van der Waals surface area (Å²) in [6.07, 6.45) is 1.46. The van der Waals surface area contributed by atoms with Gasteiger partial charge in [0.05, 0.1) is 12.0 Å². The number of ether oxygens (including phenoxy) is 1. The molecular formula is C13H14N4O3. The minimum Gasteiger partial charge on any atom is -0.496 e. The zero-order chi connectivity index (χ0) is 14.5. The summed E-state index contributed by atoms with van der Waals surface area (Å²) in [6, 6.07) is 6.28. The zero-order valence-electron chi connectivity index (χ0n) is 11.2. The minimum atomic E-state index is -0.433. The molecule has 0 spiro atoms. The maximum atomic E-state index is 10.8. The molecule has 0 saturated carbocycles. The molecule has 1 N–H and O–H groups in total. The third kappa shape index (κ3) is 3.19. The molecule has 0 saturated heterocycles. The van der Waals surface area contributed by atoms with Crippen LogP contribution in [0.15, 0.2) is 30.6 Å². The van der Waals surface area contributed by atoms with Gasteiger partial charge in [0, 0.05) is 36.0 Å². The van der Waals surface area contributed by atoms with E-state index in [0.717, 1.165) is 5.69 Å². The quantitative estimate of drug-likeness (QED) is 0.664. The van der Waals surface area contributed by atoms with Gasteiger partial charge in [-0.1, -0.05) is 0 Å². The van der Waals surface area contributed by atoms with Gasteiger partial charge < -0.3 is 10.1 Å². The molecule has 0 bridgehead atoms. The summed E-state index contributed by atoms with van der Waals surface area (Å²) in [5.74, 6) is 1.25. The van der Waals surface area contributed by atoms with Crippen molar-refractivity contribution < 1.29 is 9.66 Å². The summed E-state index contributed by atoms with van der Waals surface area (Å²) in [6.45, 7) is 2.24. The van der Waals surface area contributed by atoms with E-state index < -0.39 is 4.92 Å². The Morgan fingerprint density at radius 1 is 1.35 bits per heavy atom. The van der Waals surface area contributed by atoms with Crippen molar-refractivity contribution >= 4 is 11.5 Å². The van der Waals surface area contributed by atoms with E-state index in [-0.39, 0.29) is 5.69 Å². The number of rotatable bonds is 5. The summed E-state index contributed by atoms with van der Waals surface area (Å²) in [5.41, 5.74) is 1.56. The Labute approximate surface area is 115 Å². The molecular weight excluding hydrogens is 260 g/mol. The maximum absolute atomic E-state index is 10.8. The maximum Gasteiger partial charge on any atom is 0.270 e. The molecule has 0 fully saturated rings. The van der Waals surface area contributed by atoms with Gasteiger partial charge in [0.1, 0.15) is 17.9 Å². The van der Waals surface area contributed by atoms with E-state index in [9.17, 15) is 10.1 Å². The van der Waals surface area contributed by atoms with Crippen molar-refractivity contribution in [3.8, 4) is 5.75 Å². The van der Waals surface area contributed by atoms with Crippen molar-refractivity contribution in [2.45, 2.75) is 13.5 Å². The van der Waals surface area contributed by atoms with Gasteiger partial charge in [-0.15, -0.1) is 0 Å². The predicted octanol–water partition coefficient (Wildman–Crippen LogP) is 2.31. The Hall–Kier alpha value is -2.70. The van der Waals surface area contributed by atoms with Crippen LogP contribution in [0, 0.1) is 17.0 Å². The first-order valence-electron chi connectivity index (χ1n) is 5.94. The minimum absolute atomic E-state index is 0.0291. The van der Waals surface area contributed by atoms with Crippen LogP contribution in [0.2, 0.25) is 0 Å². The highest BCUT2D eigenvalue weighted by Crippen LogP contribution is 2.24. The Morgan fingerprint density at radius 2 is 2.15 bits per heavy atom. The van der Waals surface area contributed by atoms with Gasteiger partial charge in [-0.05, 0) is 13.0 Å². The van der Waals surface area contributed by atoms with Crippen LogP contribution < -0.4 is 10.1 Å². The number of nitro benzene ring substituents is 1. The summed E-state index contributed by atoms with van der Waals surface area (Å²) in [5, 5.41) is 13.9. The lowest BCUT2D eigenvalue weighted by atomic mass is 10.1. The van der Waals surface area contributed by atoms with Crippen molar-refractivity contribution in [3.05, 3.63) is 52.0 Å². The molecule has 1 heterocycles. The van der Waals surface area contributed by atoms with Crippen molar-refractivity contribution in [2.75, 3.05) is 12.4 Å². The highest BCUT2D eigenvalue weighted by Gasteiger charge is 2.11. The molecule has 0 unspecified atom stereocenters. The van der Waals surface area contributed by atoms with Crippen LogP contribution in [0.3, 0.4) is 0 Å². The van der Waals surface area contributed by atoms with E-state index in [1.807, 2.05) is 6.92 Å². The topological polar surface area (TPSA) is 90.2 Å². The van der Waals surface area contributed by atoms with Gasteiger partial charge in [0.25, 0.3) is 5.69 Å². The molecule has 0 aliphatic heterocycles. The molecule has 2 rings (SSSR count). The monoisotopic (exact) mass is 274 g/mol. The molecule has 1 aromatic carbocycles. The van der Waals surface area contributed by atoms with Gasteiger partial charge in [0.2, 0.25) is 0 Å². The standard InChI is InChI=1S/C13H14N4O3/c1-9-5-13(16-8-15-9)14-7-10-6-11(17(18)19)3-4-12(10)20-2/h3-6,8H,7H2,1-2H3,(H,14,15,16). The van der Waals surface area contributed by atoms with Gasteiger partial charge >= 0.3 is 0 Å². The first kappa shape index (κ1) is 13.7. The largest absolute Gasteiger partial charge is 0.496 e. The van der Waals surface area contributed by atoms with Crippen LogP contribution >= 0.6 is 0 Å². The van der Waals surface area contributed by atoms with Crippen molar-refractivity contribution in [1.29, 1.82) is 0 Å². The van der Waals surface area contributed by atoms with Crippen molar-refractivity contribution in [1.82, 2.24) is 9.97 Å². The Bertz CT molecular complexity index is 631. The SMILES string of the molecule is COc1ccc([N+](=O)[O-])cc1CNc1cc(C)ncn1. The van der Waals surface area contributed by atoms with E-state index in [4.69, 9.17) is 4.74 Å². The lowest BCUT2D eigenvalue weighted by Gasteiger charge is -2.10. The highest BCUT2D eigenvalue weighted by atomic mass is 16.6. The number of hydrogen-bond acceptors (Lipinski definition) is 6. The Morgan fingerprint density at radius 3 is 2.80 bits per heavy atom. The Balaban J connectivity index is 2.19. The number of methoxy groups -OCH3 is 1. The van der Waals surface area contributed by atoms with Gasteiger partial charge in [-0.3, -0.25) is 10.1 Å². The molecule has 7 nitrogen and oxygen atoms in total. The molecule has 0 aliphatic carbocycles. The van der Waals surface area contributed by atoms with E-state index >= 15 is 0 Å². The van der Waals surface area contributed by atoms with Crippen LogP contribution in [0.25, 0.3) is 0 Å². The molecule has 0 radical (unpaired) electrons. The number of nitro groups is 1. The second-order valence-corrected chi connectivity index (χ2v) is 4.15. The normalized spacial score (nSPS) is 10.1. The molecule has 104 valence electrons. The van der Waals surface area contributed by atoms with E-state index in [1.165, 1.54) is 25.6 Å². The van der Waals surface area contributed by atoms with Gasteiger partial charge in [-0.25, -0.2) is 9.97 Å². The number of aryl methyl sites for hydroxylation is 1. The molecule has 20 heavy (non-hydrogen) atoms. The van der Waals surface area contributed by atoms with Gasteiger partial charge in [-0.2, -0.15) is 0 Å². The molecule has 0 amide bonds. The second-order valence-electron chi connectivity index (χ2n) is 4.15. The number of nitrogens with one attached hydrogen (secondary N) is 1. The fourth-order valence-corrected chi connectivity index (χ4v) is 1.75. The van der Waals surface area contributed by atoms with Gasteiger partial charge in [0.15, 0.2) is 0 Å². The third-order valence-corrected chi connectivity index (χ3v) is 2.74. The first-order valence-corrected chi connectivity index (χ1v) is 5.94. The number of hydrogen-bond donors (Lipinski definition) is 1. The van der Waals surface area contributed by atoms with Crippen LogP contribution in [-0.2, 0) is 6.54 Å². The lowest BCUT2D eigenvalue weighted by Crippen LogP contribution is -2.04. The predicted molar refractivity (Wildman–Crippen MR) is 73.7 cm³/mol. The fraction of sp³-hybridized carbons (Fsp3) is 0.231. The van der Waals surface area contributed by atoms with Crippen LogP contribution in [0.4, 0.5) is 11.5 Å². The van der Waals surface area contributed by atoms with Crippen LogP contribution in [0.5, 0.6) is 5.75 Å². The highest BCUT2D eigenvalue weighted by molar-refractivity contribution is 5.46.